The summed E-state index contributed by atoms with van der Waals surface area (Å²) in [4.78, 5) is 52.6. The molecule has 9 heteroatoms. The van der Waals surface area contributed by atoms with Crippen molar-refractivity contribution >= 4 is 23.6 Å². The van der Waals surface area contributed by atoms with Crippen molar-refractivity contribution in [2.24, 2.45) is 5.92 Å². The van der Waals surface area contributed by atoms with Crippen LogP contribution in [0.15, 0.2) is 42.7 Å². The van der Waals surface area contributed by atoms with Crippen molar-refractivity contribution in [1.29, 1.82) is 0 Å². The number of rotatable bonds is 10. The molecule has 3 N–H and O–H groups in total. The van der Waals surface area contributed by atoms with Gasteiger partial charge in [-0.15, -0.1) is 0 Å². The van der Waals surface area contributed by atoms with Gasteiger partial charge in [-0.05, 0) is 31.9 Å². The molecule has 0 aliphatic carbocycles. The molecule has 2 atom stereocenters. The Morgan fingerprint density at radius 2 is 1.72 bits per heavy atom. The van der Waals surface area contributed by atoms with Crippen LogP contribution in [0.3, 0.4) is 0 Å². The van der Waals surface area contributed by atoms with Crippen LogP contribution in [-0.4, -0.2) is 65.6 Å². The molecule has 0 fully saturated rings. The fourth-order valence-electron chi connectivity index (χ4n) is 3.14. The largest absolute Gasteiger partial charge is 0.345 e. The molecule has 0 radical (unpaired) electrons. The molecule has 0 bridgehead atoms. The maximum atomic E-state index is 12.6. The highest BCUT2D eigenvalue weighted by Crippen LogP contribution is 2.11. The van der Waals surface area contributed by atoms with E-state index < -0.39 is 23.9 Å². The van der Waals surface area contributed by atoms with E-state index in [2.05, 4.69) is 16.0 Å². The van der Waals surface area contributed by atoms with E-state index in [-0.39, 0.29) is 30.8 Å². The van der Waals surface area contributed by atoms with Crippen molar-refractivity contribution in [3.05, 3.63) is 48.3 Å². The molecule has 1 aromatic rings. The first-order valence-electron chi connectivity index (χ1n) is 10.8. The van der Waals surface area contributed by atoms with Crippen LogP contribution in [0.1, 0.15) is 32.8 Å². The Morgan fingerprint density at radius 1 is 1.03 bits per heavy atom. The highest BCUT2D eigenvalue weighted by Gasteiger charge is 2.26. The van der Waals surface area contributed by atoms with E-state index in [4.69, 9.17) is 0 Å². The topological polar surface area (TPSA) is 111 Å². The third-order valence-corrected chi connectivity index (χ3v) is 5.15. The SMILES string of the molecule is CN[C@@H](C)C(=O)N[C@@H](CC(C)C)C(=O)NCC(=O)N1C=CN(Cc2ccccc2)C(=O)C1. The first-order valence-corrected chi connectivity index (χ1v) is 10.8. The lowest BCUT2D eigenvalue weighted by Crippen LogP contribution is -2.53. The zero-order valence-corrected chi connectivity index (χ0v) is 19.1. The van der Waals surface area contributed by atoms with E-state index in [0.717, 1.165) is 5.56 Å². The van der Waals surface area contributed by atoms with Gasteiger partial charge in [0, 0.05) is 12.4 Å². The molecule has 0 aromatic heterocycles. The highest BCUT2D eigenvalue weighted by atomic mass is 16.2. The molecule has 0 saturated heterocycles. The molecule has 0 unspecified atom stereocenters. The monoisotopic (exact) mass is 443 g/mol. The van der Waals surface area contributed by atoms with E-state index in [1.165, 1.54) is 4.90 Å². The van der Waals surface area contributed by atoms with Gasteiger partial charge < -0.3 is 25.8 Å². The fourth-order valence-corrected chi connectivity index (χ4v) is 3.14. The number of nitrogens with one attached hydrogen (secondary N) is 3. The van der Waals surface area contributed by atoms with E-state index >= 15 is 0 Å². The number of nitrogens with zero attached hydrogens (tertiary/aromatic N) is 2. The molecule has 9 nitrogen and oxygen atoms in total. The van der Waals surface area contributed by atoms with Crippen LogP contribution in [-0.2, 0) is 25.7 Å². The third-order valence-electron chi connectivity index (χ3n) is 5.15. The van der Waals surface area contributed by atoms with Gasteiger partial charge in [-0.1, -0.05) is 44.2 Å². The van der Waals surface area contributed by atoms with Crippen molar-refractivity contribution in [2.75, 3.05) is 20.1 Å². The maximum Gasteiger partial charge on any atom is 0.246 e. The van der Waals surface area contributed by atoms with Crippen LogP contribution in [0.25, 0.3) is 0 Å². The molecule has 0 spiro atoms. The molecule has 32 heavy (non-hydrogen) atoms. The van der Waals surface area contributed by atoms with Crippen molar-refractivity contribution in [1.82, 2.24) is 25.8 Å². The molecule has 1 heterocycles. The summed E-state index contributed by atoms with van der Waals surface area (Å²) in [5.41, 5.74) is 0.989. The van der Waals surface area contributed by atoms with Crippen LogP contribution in [0.5, 0.6) is 0 Å². The first kappa shape index (κ1) is 25.1. The van der Waals surface area contributed by atoms with E-state index in [0.29, 0.717) is 13.0 Å². The minimum atomic E-state index is -0.744. The predicted molar refractivity (Wildman–Crippen MR) is 121 cm³/mol. The van der Waals surface area contributed by atoms with Crippen LogP contribution >= 0.6 is 0 Å². The summed E-state index contributed by atoms with van der Waals surface area (Å²) in [6, 6.07) is 8.38. The number of likely N-dealkylation sites (N-methyl/N-ethyl adjacent to an activating group) is 1. The summed E-state index contributed by atoms with van der Waals surface area (Å²) in [6.45, 7) is 5.67. The number of hydrogen-bond acceptors (Lipinski definition) is 5. The maximum absolute atomic E-state index is 12.6. The van der Waals surface area contributed by atoms with Crippen molar-refractivity contribution in [3.8, 4) is 0 Å². The average molecular weight is 444 g/mol. The Balaban J connectivity index is 1.90. The molecular formula is C23H33N5O4. The molecule has 1 aromatic carbocycles. The number of carbonyl (C=O) groups excluding carboxylic acids is 4. The second kappa shape index (κ2) is 12.0. The second-order valence-corrected chi connectivity index (χ2v) is 8.25. The molecule has 1 aliphatic rings. The van der Waals surface area contributed by atoms with Crippen LogP contribution in [0.4, 0.5) is 0 Å². The molecule has 4 amide bonds. The van der Waals surface area contributed by atoms with E-state index in [1.54, 1.807) is 31.3 Å². The van der Waals surface area contributed by atoms with Crippen molar-refractivity contribution in [3.63, 3.8) is 0 Å². The zero-order valence-electron chi connectivity index (χ0n) is 19.1. The smallest absolute Gasteiger partial charge is 0.246 e. The van der Waals surface area contributed by atoms with E-state index in [9.17, 15) is 19.2 Å². The standard InChI is InChI=1S/C23H33N5O4/c1-16(2)12-19(26-22(31)17(3)24-4)23(32)25-13-20(29)28-11-10-27(21(30)15-28)14-18-8-6-5-7-9-18/h5-11,16-17,19,24H,12-15H2,1-4H3,(H,25,32)(H,26,31)/t17-,19-/m0/s1. The lowest BCUT2D eigenvalue weighted by atomic mass is 10.0. The van der Waals surface area contributed by atoms with Gasteiger partial charge in [0.1, 0.15) is 12.6 Å². The number of carbonyl (C=O) groups is 4. The molecule has 174 valence electrons. The van der Waals surface area contributed by atoms with Gasteiger partial charge in [0.2, 0.25) is 23.6 Å². The Labute approximate surface area is 189 Å². The van der Waals surface area contributed by atoms with Crippen molar-refractivity contribution < 1.29 is 19.2 Å². The summed E-state index contributed by atoms with van der Waals surface area (Å²) in [7, 11) is 1.66. The Hall–Kier alpha value is -3.20. The van der Waals surface area contributed by atoms with Crippen LogP contribution in [0.2, 0.25) is 0 Å². The molecular weight excluding hydrogens is 410 g/mol. The Morgan fingerprint density at radius 3 is 2.31 bits per heavy atom. The fraction of sp³-hybridized carbons (Fsp3) is 0.478. The predicted octanol–water partition coefficient (Wildman–Crippen LogP) is 0.584. The molecule has 0 saturated carbocycles. The minimum Gasteiger partial charge on any atom is -0.345 e. The molecule has 1 aliphatic heterocycles. The number of amides is 4. The normalized spacial score (nSPS) is 15.5. The Kier molecular flexibility index (Phi) is 9.39. The molecule has 2 rings (SSSR count). The van der Waals surface area contributed by atoms with Gasteiger partial charge in [0.15, 0.2) is 0 Å². The number of benzene rings is 1. The van der Waals surface area contributed by atoms with E-state index in [1.807, 2.05) is 44.2 Å². The third kappa shape index (κ3) is 7.49. The Bertz CT molecular complexity index is 840. The van der Waals surface area contributed by atoms with Gasteiger partial charge in [-0.3, -0.25) is 19.2 Å². The summed E-state index contributed by atoms with van der Waals surface area (Å²) in [5, 5.41) is 8.14. The second-order valence-electron chi connectivity index (χ2n) is 8.25. The highest BCUT2D eigenvalue weighted by molar-refractivity contribution is 5.93. The van der Waals surface area contributed by atoms with Crippen LogP contribution in [0, 0.1) is 5.92 Å². The quantitative estimate of drug-likeness (QED) is 0.490. The van der Waals surface area contributed by atoms with Gasteiger partial charge in [0.25, 0.3) is 0 Å². The zero-order chi connectivity index (χ0) is 23.7. The summed E-state index contributed by atoms with van der Waals surface area (Å²) in [5.74, 6) is -1.16. The van der Waals surface area contributed by atoms with Gasteiger partial charge in [-0.25, -0.2) is 0 Å². The number of hydrogen-bond donors (Lipinski definition) is 3. The summed E-state index contributed by atoms with van der Waals surface area (Å²) < 4.78 is 0. The van der Waals surface area contributed by atoms with Crippen molar-refractivity contribution in [2.45, 2.75) is 45.8 Å². The minimum absolute atomic E-state index is 0.0934. The lowest BCUT2D eigenvalue weighted by Gasteiger charge is -2.29. The first-order chi connectivity index (χ1) is 15.2. The van der Waals surface area contributed by atoms with Crippen LogP contribution < -0.4 is 16.0 Å². The lowest BCUT2D eigenvalue weighted by molar-refractivity contribution is -0.139. The van der Waals surface area contributed by atoms with Gasteiger partial charge in [-0.2, -0.15) is 0 Å². The average Bonchev–Trinajstić information content (AvgIpc) is 2.77. The summed E-state index contributed by atoms with van der Waals surface area (Å²) in [6.07, 6.45) is 3.55. The van der Waals surface area contributed by atoms with Gasteiger partial charge in [0.05, 0.1) is 19.1 Å². The van der Waals surface area contributed by atoms with Gasteiger partial charge >= 0.3 is 0 Å². The summed E-state index contributed by atoms with van der Waals surface area (Å²) >= 11 is 0.